The summed E-state index contributed by atoms with van der Waals surface area (Å²) in [6.45, 7) is 6.42. The molecular weight excluding hydrogens is 284 g/mol. The number of hydrogen-bond acceptors (Lipinski definition) is 3. The van der Waals surface area contributed by atoms with Crippen molar-refractivity contribution in [3.63, 3.8) is 0 Å². The molecule has 0 aromatic carbocycles. The van der Waals surface area contributed by atoms with Gasteiger partial charge in [0.2, 0.25) is 11.8 Å². The van der Waals surface area contributed by atoms with E-state index in [-0.39, 0.29) is 17.9 Å². The monoisotopic (exact) mass is 308 g/mol. The van der Waals surface area contributed by atoms with Gasteiger partial charge in [0.1, 0.15) is 5.54 Å². The molecule has 0 radical (unpaired) electrons. The van der Waals surface area contributed by atoms with Gasteiger partial charge in [-0.05, 0) is 31.2 Å². The molecular formula is C16H24N2O2S. The SMILES string of the molecule is CCCC(c1cccs1)N1CCC(=O)NC(C)(CC)C1=O. The van der Waals surface area contributed by atoms with Gasteiger partial charge in [0, 0.05) is 17.8 Å². The predicted molar refractivity (Wildman–Crippen MR) is 85.1 cm³/mol. The van der Waals surface area contributed by atoms with Crippen molar-refractivity contribution >= 4 is 23.2 Å². The first-order valence-corrected chi connectivity index (χ1v) is 8.55. The van der Waals surface area contributed by atoms with Crippen LogP contribution in [0.25, 0.3) is 0 Å². The molecule has 2 atom stereocenters. The molecule has 2 heterocycles. The second kappa shape index (κ2) is 6.60. The van der Waals surface area contributed by atoms with Gasteiger partial charge in [-0.15, -0.1) is 11.3 Å². The number of rotatable bonds is 5. The molecule has 2 amide bonds. The van der Waals surface area contributed by atoms with E-state index in [1.54, 1.807) is 11.3 Å². The van der Waals surface area contributed by atoms with E-state index < -0.39 is 5.54 Å². The average molecular weight is 308 g/mol. The molecule has 1 N–H and O–H groups in total. The summed E-state index contributed by atoms with van der Waals surface area (Å²) in [6, 6.07) is 4.19. The molecule has 1 aliphatic heterocycles. The molecule has 2 rings (SSSR count). The molecule has 21 heavy (non-hydrogen) atoms. The summed E-state index contributed by atoms with van der Waals surface area (Å²) in [6.07, 6.45) is 2.93. The lowest BCUT2D eigenvalue weighted by Gasteiger charge is -2.36. The Kier molecular flexibility index (Phi) is 5.04. The zero-order chi connectivity index (χ0) is 15.5. The number of nitrogens with zero attached hydrogens (tertiary/aromatic N) is 1. The minimum atomic E-state index is -0.781. The molecule has 0 bridgehead atoms. The van der Waals surface area contributed by atoms with Gasteiger partial charge in [-0.25, -0.2) is 0 Å². The Hall–Kier alpha value is -1.36. The molecule has 5 heteroatoms. The van der Waals surface area contributed by atoms with Crippen LogP contribution in [0.15, 0.2) is 17.5 Å². The number of amides is 2. The number of hydrogen-bond donors (Lipinski definition) is 1. The highest BCUT2D eigenvalue weighted by Crippen LogP contribution is 2.32. The average Bonchev–Trinajstić information content (AvgIpc) is 2.96. The lowest BCUT2D eigenvalue weighted by molar-refractivity contribution is -0.140. The minimum Gasteiger partial charge on any atom is -0.342 e. The van der Waals surface area contributed by atoms with E-state index in [1.807, 2.05) is 30.2 Å². The van der Waals surface area contributed by atoms with Gasteiger partial charge >= 0.3 is 0 Å². The van der Waals surface area contributed by atoms with Crippen LogP contribution < -0.4 is 5.32 Å². The molecule has 1 fully saturated rings. The smallest absolute Gasteiger partial charge is 0.248 e. The molecule has 0 spiro atoms. The van der Waals surface area contributed by atoms with Crippen molar-refractivity contribution in [2.45, 2.75) is 58.0 Å². The Morgan fingerprint density at radius 3 is 2.76 bits per heavy atom. The van der Waals surface area contributed by atoms with Crippen molar-refractivity contribution in [2.24, 2.45) is 0 Å². The van der Waals surface area contributed by atoms with Crippen LogP contribution in [0.1, 0.15) is 57.4 Å². The van der Waals surface area contributed by atoms with Crippen molar-refractivity contribution in [3.05, 3.63) is 22.4 Å². The van der Waals surface area contributed by atoms with Crippen molar-refractivity contribution in [2.75, 3.05) is 6.54 Å². The van der Waals surface area contributed by atoms with Gasteiger partial charge in [0.25, 0.3) is 0 Å². The highest BCUT2D eigenvalue weighted by Gasteiger charge is 2.41. The van der Waals surface area contributed by atoms with Crippen molar-refractivity contribution in [3.8, 4) is 0 Å². The summed E-state index contributed by atoms with van der Waals surface area (Å²) >= 11 is 1.68. The van der Waals surface area contributed by atoms with Gasteiger partial charge in [0.05, 0.1) is 6.04 Å². The molecule has 1 aliphatic rings. The standard InChI is InChI=1S/C16H24N2O2S/c1-4-7-12(13-8-6-11-21-13)18-10-9-14(19)17-16(3,5-2)15(18)20/h6,8,11-12H,4-5,7,9-10H2,1-3H3,(H,17,19). The van der Waals surface area contributed by atoms with Crippen LogP contribution in [0.3, 0.4) is 0 Å². The van der Waals surface area contributed by atoms with Crippen LogP contribution >= 0.6 is 11.3 Å². The van der Waals surface area contributed by atoms with Gasteiger partial charge in [0.15, 0.2) is 0 Å². The fraction of sp³-hybridized carbons (Fsp3) is 0.625. The predicted octanol–water partition coefficient (Wildman–Crippen LogP) is 3.11. The molecule has 1 aromatic heterocycles. The number of thiophene rings is 1. The Labute approximate surface area is 130 Å². The van der Waals surface area contributed by atoms with E-state index in [1.165, 1.54) is 4.88 Å². The number of nitrogens with one attached hydrogen (secondary N) is 1. The Morgan fingerprint density at radius 2 is 2.19 bits per heavy atom. The lowest BCUT2D eigenvalue weighted by Crippen LogP contribution is -2.55. The van der Waals surface area contributed by atoms with Crippen molar-refractivity contribution < 1.29 is 9.59 Å². The third-order valence-corrected chi connectivity index (χ3v) is 5.22. The summed E-state index contributed by atoms with van der Waals surface area (Å²) < 4.78 is 0. The van der Waals surface area contributed by atoms with E-state index >= 15 is 0 Å². The second-order valence-electron chi connectivity index (χ2n) is 5.80. The summed E-state index contributed by atoms with van der Waals surface area (Å²) in [5.41, 5.74) is -0.781. The van der Waals surface area contributed by atoms with Gasteiger partial charge in [-0.1, -0.05) is 26.3 Å². The van der Waals surface area contributed by atoms with Crippen LogP contribution in [-0.4, -0.2) is 28.8 Å². The molecule has 1 aromatic rings. The zero-order valence-electron chi connectivity index (χ0n) is 13.0. The van der Waals surface area contributed by atoms with Crippen molar-refractivity contribution in [1.82, 2.24) is 10.2 Å². The van der Waals surface area contributed by atoms with Gasteiger partial charge in [-0.2, -0.15) is 0 Å². The van der Waals surface area contributed by atoms with Gasteiger partial charge in [-0.3, -0.25) is 9.59 Å². The maximum atomic E-state index is 13.0. The largest absolute Gasteiger partial charge is 0.342 e. The third kappa shape index (κ3) is 3.28. The molecule has 0 aliphatic carbocycles. The van der Waals surface area contributed by atoms with Gasteiger partial charge < -0.3 is 10.2 Å². The molecule has 1 saturated heterocycles. The van der Waals surface area contributed by atoms with E-state index in [2.05, 4.69) is 18.3 Å². The summed E-state index contributed by atoms with van der Waals surface area (Å²) in [5, 5.41) is 4.94. The highest BCUT2D eigenvalue weighted by molar-refractivity contribution is 7.10. The van der Waals surface area contributed by atoms with E-state index in [0.29, 0.717) is 19.4 Å². The topological polar surface area (TPSA) is 49.4 Å². The maximum Gasteiger partial charge on any atom is 0.248 e. The first-order valence-electron chi connectivity index (χ1n) is 7.67. The summed E-state index contributed by atoms with van der Waals surface area (Å²) in [4.78, 5) is 28.0. The number of carbonyl (C=O) groups is 2. The Morgan fingerprint density at radius 1 is 1.43 bits per heavy atom. The van der Waals surface area contributed by atoms with Crippen LogP contribution in [-0.2, 0) is 9.59 Å². The van der Waals surface area contributed by atoms with Crippen LogP contribution in [0.2, 0.25) is 0 Å². The molecule has 2 unspecified atom stereocenters. The zero-order valence-corrected chi connectivity index (χ0v) is 13.8. The summed E-state index contributed by atoms with van der Waals surface area (Å²) in [7, 11) is 0. The Balaban J connectivity index is 2.34. The van der Waals surface area contributed by atoms with Crippen molar-refractivity contribution in [1.29, 1.82) is 0 Å². The van der Waals surface area contributed by atoms with E-state index in [9.17, 15) is 9.59 Å². The fourth-order valence-corrected chi connectivity index (χ4v) is 3.68. The fourth-order valence-electron chi connectivity index (χ4n) is 2.81. The Bertz CT molecular complexity index is 500. The normalized spacial score (nSPS) is 24.6. The van der Waals surface area contributed by atoms with Crippen LogP contribution in [0.5, 0.6) is 0 Å². The maximum absolute atomic E-state index is 13.0. The van der Waals surface area contributed by atoms with E-state index in [0.717, 1.165) is 12.8 Å². The van der Waals surface area contributed by atoms with E-state index in [4.69, 9.17) is 0 Å². The lowest BCUT2D eigenvalue weighted by atomic mass is 9.95. The third-order valence-electron chi connectivity index (χ3n) is 4.25. The first kappa shape index (κ1) is 16.0. The minimum absolute atomic E-state index is 0.0309. The first-order chi connectivity index (χ1) is 10.0. The molecule has 0 saturated carbocycles. The highest BCUT2D eigenvalue weighted by atomic mass is 32.1. The van der Waals surface area contributed by atoms with Crippen LogP contribution in [0, 0.1) is 0 Å². The summed E-state index contributed by atoms with van der Waals surface area (Å²) in [5.74, 6) is 0.0133. The molecule has 4 nitrogen and oxygen atoms in total. The van der Waals surface area contributed by atoms with Crippen LogP contribution in [0.4, 0.5) is 0 Å². The number of carbonyl (C=O) groups excluding carboxylic acids is 2. The molecule has 116 valence electrons. The second-order valence-corrected chi connectivity index (χ2v) is 6.78. The quantitative estimate of drug-likeness (QED) is 0.908.